The van der Waals surface area contributed by atoms with Gasteiger partial charge in [-0.3, -0.25) is 19.7 Å². The van der Waals surface area contributed by atoms with E-state index in [-0.39, 0.29) is 27.9 Å². The van der Waals surface area contributed by atoms with Gasteiger partial charge in [-0.15, -0.1) is 0 Å². The van der Waals surface area contributed by atoms with Crippen molar-refractivity contribution in [3.05, 3.63) is 52.6 Å². The van der Waals surface area contributed by atoms with Crippen LogP contribution in [-0.4, -0.2) is 50.2 Å². The van der Waals surface area contributed by atoms with E-state index in [9.17, 15) is 28.1 Å². The molecule has 0 aliphatic carbocycles. The molecule has 2 amide bonds. The highest BCUT2D eigenvalue weighted by molar-refractivity contribution is 7.89. The van der Waals surface area contributed by atoms with Crippen molar-refractivity contribution in [2.24, 2.45) is 0 Å². The minimum atomic E-state index is -3.99. The molecule has 0 saturated carbocycles. The quantitative estimate of drug-likeness (QED) is 0.474. The van der Waals surface area contributed by atoms with Gasteiger partial charge in [0.25, 0.3) is 5.69 Å². The minimum absolute atomic E-state index is 0.0437. The average molecular weight is 436 g/mol. The van der Waals surface area contributed by atoms with Gasteiger partial charge in [0.2, 0.25) is 21.8 Å². The van der Waals surface area contributed by atoms with Gasteiger partial charge in [0.1, 0.15) is 5.75 Å². The summed E-state index contributed by atoms with van der Waals surface area (Å²) < 4.78 is 31.2. The van der Waals surface area contributed by atoms with Gasteiger partial charge in [-0.2, -0.15) is 4.31 Å². The summed E-state index contributed by atoms with van der Waals surface area (Å²) in [7, 11) is -1.43. The molecule has 30 heavy (non-hydrogen) atoms. The van der Waals surface area contributed by atoms with E-state index in [0.29, 0.717) is 5.69 Å². The molecular weight excluding hydrogens is 416 g/mol. The second kappa shape index (κ2) is 9.33. The van der Waals surface area contributed by atoms with Crippen LogP contribution in [0.25, 0.3) is 0 Å². The summed E-state index contributed by atoms with van der Waals surface area (Å²) in [6.45, 7) is 0.787. The number of hydrogen-bond donors (Lipinski definition) is 2. The molecule has 160 valence electrons. The van der Waals surface area contributed by atoms with Crippen molar-refractivity contribution in [2.45, 2.75) is 11.8 Å². The van der Waals surface area contributed by atoms with E-state index in [0.717, 1.165) is 10.4 Å². The van der Waals surface area contributed by atoms with Gasteiger partial charge in [0.15, 0.2) is 0 Å². The molecule has 0 fully saturated rings. The van der Waals surface area contributed by atoms with Crippen LogP contribution in [-0.2, 0) is 19.6 Å². The van der Waals surface area contributed by atoms with Crippen LogP contribution < -0.4 is 15.4 Å². The van der Waals surface area contributed by atoms with E-state index in [2.05, 4.69) is 10.6 Å². The Morgan fingerprint density at radius 1 is 1.13 bits per heavy atom. The number of methoxy groups -OCH3 is 1. The first kappa shape index (κ1) is 22.8. The summed E-state index contributed by atoms with van der Waals surface area (Å²) in [5.74, 6) is -0.821. The summed E-state index contributed by atoms with van der Waals surface area (Å²) in [6.07, 6.45) is 0. The summed E-state index contributed by atoms with van der Waals surface area (Å²) in [4.78, 5) is 33.6. The van der Waals surface area contributed by atoms with Crippen molar-refractivity contribution < 1.29 is 27.7 Å². The standard InChI is InChI=1S/C18H20N4O7S/c1-12(23)19-13-4-7-15(8-5-13)30(27,28)21(2)11-18(24)20-16-10-14(22(25)26)6-9-17(16)29-3/h4-10H,11H2,1-3H3,(H,19,23)(H,20,24). The maximum absolute atomic E-state index is 12.7. The van der Waals surface area contributed by atoms with Gasteiger partial charge in [-0.05, 0) is 30.3 Å². The van der Waals surface area contributed by atoms with Crippen molar-refractivity contribution in [1.29, 1.82) is 0 Å². The molecule has 2 rings (SSSR count). The molecule has 0 bridgehead atoms. The largest absolute Gasteiger partial charge is 0.495 e. The molecule has 0 spiro atoms. The van der Waals surface area contributed by atoms with Gasteiger partial charge < -0.3 is 15.4 Å². The summed E-state index contributed by atoms with van der Waals surface area (Å²) in [5, 5.41) is 15.9. The zero-order valence-electron chi connectivity index (χ0n) is 16.4. The molecule has 0 heterocycles. The maximum atomic E-state index is 12.7. The van der Waals surface area contributed by atoms with Crippen LogP contribution in [0.3, 0.4) is 0 Å². The van der Waals surface area contributed by atoms with E-state index in [4.69, 9.17) is 4.74 Å². The van der Waals surface area contributed by atoms with Gasteiger partial charge in [0.05, 0.1) is 29.2 Å². The molecule has 2 N–H and O–H groups in total. The van der Waals surface area contributed by atoms with Crippen molar-refractivity contribution in [2.75, 3.05) is 31.3 Å². The van der Waals surface area contributed by atoms with Crippen LogP contribution >= 0.6 is 0 Å². The molecule has 2 aromatic rings. The first-order chi connectivity index (χ1) is 14.0. The van der Waals surface area contributed by atoms with Crippen LogP contribution in [0.5, 0.6) is 5.75 Å². The van der Waals surface area contributed by atoms with Crippen LogP contribution in [0.2, 0.25) is 0 Å². The molecular formula is C18H20N4O7S. The number of likely N-dealkylation sites (N-methyl/N-ethyl adjacent to an activating group) is 1. The fourth-order valence-electron chi connectivity index (χ4n) is 2.48. The van der Waals surface area contributed by atoms with E-state index in [1.54, 1.807) is 0 Å². The van der Waals surface area contributed by atoms with E-state index >= 15 is 0 Å². The highest BCUT2D eigenvalue weighted by atomic mass is 32.2. The monoisotopic (exact) mass is 436 g/mol. The van der Waals surface area contributed by atoms with Crippen LogP contribution in [0.15, 0.2) is 47.4 Å². The SMILES string of the molecule is COc1ccc([N+](=O)[O-])cc1NC(=O)CN(C)S(=O)(=O)c1ccc(NC(C)=O)cc1. The summed E-state index contributed by atoms with van der Waals surface area (Å²) >= 11 is 0. The van der Waals surface area contributed by atoms with Gasteiger partial charge >= 0.3 is 0 Å². The lowest BCUT2D eigenvalue weighted by Crippen LogP contribution is -2.35. The van der Waals surface area contributed by atoms with Crippen LogP contribution in [0.4, 0.5) is 17.1 Å². The van der Waals surface area contributed by atoms with Crippen LogP contribution in [0, 0.1) is 10.1 Å². The molecule has 12 heteroatoms. The number of anilines is 2. The lowest BCUT2D eigenvalue weighted by Gasteiger charge is -2.17. The average Bonchev–Trinajstić information content (AvgIpc) is 2.67. The van der Waals surface area contributed by atoms with Crippen molar-refractivity contribution in [3.63, 3.8) is 0 Å². The van der Waals surface area contributed by atoms with E-state index in [1.807, 2.05) is 0 Å². The number of carbonyl (C=O) groups is 2. The molecule has 0 radical (unpaired) electrons. The highest BCUT2D eigenvalue weighted by Gasteiger charge is 2.24. The summed E-state index contributed by atoms with van der Waals surface area (Å²) in [5.41, 5.74) is 0.216. The number of nitro groups is 1. The number of amides is 2. The fourth-order valence-corrected chi connectivity index (χ4v) is 3.60. The molecule has 0 aliphatic rings. The lowest BCUT2D eigenvalue weighted by molar-refractivity contribution is -0.384. The third kappa shape index (κ3) is 5.52. The smallest absolute Gasteiger partial charge is 0.271 e. The number of sulfonamides is 1. The van der Waals surface area contributed by atoms with Crippen LogP contribution in [0.1, 0.15) is 6.92 Å². The van der Waals surface area contributed by atoms with Gasteiger partial charge in [-0.25, -0.2) is 8.42 Å². The maximum Gasteiger partial charge on any atom is 0.271 e. The number of hydrogen-bond acceptors (Lipinski definition) is 7. The topological polar surface area (TPSA) is 148 Å². The van der Waals surface area contributed by atoms with Crippen molar-refractivity contribution in [3.8, 4) is 5.75 Å². The number of ether oxygens (including phenoxy) is 1. The number of nitrogens with one attached hydrogen (secondary N) is 2. The fraction of sp³-hybridized carbons (Fsp3) is 0.222. The Bertz CT molecular complexity index is 1070. The predicted octanol–water partition coefficient (Wildman–Crippen LogP) is 1.82. The number of benzene rings is 2. The number of non-ortho nitro benzene ring substituents is 1. The number of carbonyl (C=O) groups excluding carboxylic acids is 2. The Morgan fingerprint density at radius 2 is 1.77 bits per heavy atom. The molecule has 2 aromatic carbocycles. The van der Waals surface area contributed by atoms with Crippen molar-refractivity contribution in [1.82, 2.24) is 4.31 Å². The lowest BCUT2D eigenvalue weighted by atomic mass is 10.2. The summed E-state index contributed by atoms with van der Waals surface area (Å²) in [6, 6.07) is 9.12. The molecule has 11 nitrogen and oxygen atoms in total. The zero-order chi connectivity index (χ0) is 22.5. The first-order valence-electron chi connectivity index (χ1n) is 8.51. The van der Waals surface area contributed by atoms with E-state index in [1.165, 1.54) is 57.5 Å². The Balaban J connectivity index is 2.14. The number of rotatable bonds is 8. The third-order valence-electron chi connectivity index (χ3n) is 3.92. The van der Waals surface area contributed by atoms with E-state index < -0.39 is 27.4 Å². The number of nitro benzene ring substituents is 1. The first-order valence-corrected chi connectivity index (χ1v) is 9.95. The normalized spacial score (nSPS) is 11.1. The highest BCUT2D eigenvalue weighted by Crippen LogP contribution is 2.29. The zero-order valence-corrected chi connectivity index (χ0v) is 17.2. The molecule has 0 aliphatic heterocycles. The Labute approximate surface area is 172 Å². The third-order valence-corrected chi connectivity index (χ3v) is 5.73. The molecule has 0 atom stereocenters. The Hall–Kier alpha value is -3.51. The second-order valence-electron chi connectivity index (χ2n) is 6.16. The predicted molar refractivity (Wildman–Crippen MR) is 109 cm³/mol. The molecule has 0 aromatic heterocycles. The molecule has 0 saturated heterocycles. The Kier molecular flexibility index (Phi) is 7.08. The molecule has 0 unspecified atom stereocenters. The Morgan fingerprint density at radius 3 is 2.30 bits per heavy atom. The minimum Gasteiger partial charge on any atom is -0.495 e. The van der Waals surface area contributed by atoms with Gasteiger partial charge in [0, 0.05) is 31.8 Å². The van der Waals surface area contributed by atoms with Gasteiger partial charge in [-0.1, -0.05) is 0 Å². The van der Waals surface area contributed by atoms with Crippen molar-refractivity contribution >= 4 is 38.9 Å². The number of nitrogens with zero attached hydrogens (tertiary/aromatic N) is 2. The second-order valence-corrected chi connectivity index (χ2v) is 8.20.